The quantitative estimate of drug-likeness (QED) is 0.336. The molecule has 0 N–H and O–H groups in total. The van der Waals surface area contributed by atoms with E-state index in [2.05, 4.69) is 68.5 Å². The van der Waals surface area contributed by atoms with E-state index in [1.807, 2.05) is 18.2 Å². The molecule has 0 saturated heterocycles. The van der Waals surface area contributed by atoms with Gasteiger partial charge in [-0.05, 0) is 6.42 Å². The summed E-state index contributed by atoms with van der Waals surface area (Å²) in [5, 5.41) is 0. The molecular weight excluding hydrogens is 503 g/mol. The molecule has 0 spiro atoms. The van der Waals surface area contributed by atoms with E-state index >= 15 is 0 Å². The number of hydrogen-bond acceptors (Lipinski definition) is 0. The Morgan fingerprint density at radius 3 is 2.25 bits per heavy atom. The monoisotopic (exact) mass is 520 g/mol. The fourth-order valence-electron chi connectivity index (χ4n) is 2.34. The van der Waals surface area contributed by atoms with E-state index in [9.17, 15) is 0 Å². The van der Waals surface area contributed by atoms with Crippen LogP contribution in [0.25, 0.3) is 11.1 Å². The molecule has 2 aliphatic carbocycles. The first kappa shape index (κ1) is 23.6. The van der Waals surface area contributed by atoms with Gasteiger partial charge in [0.25, 0.3) is 0 Å². The van der Waals surface area contributed by atoms with Gasteiger partial charge in [-0.3, -0.25) is 6.08 Å². The van der Waals surface area contributed by atoms with Gasteiger partial charge in [-0.2, -0.15) is 35.9 Å². The summed E-state index contributed by atoms with van der Waals surface area (Å²) in [5.74, 6) is 0. The van der Waals surface area contributed by atoms with E-state index in [0.717, 1.165) is 12.8 Å². The van der Waals surface area contributed by atoms with E-state index < -0.39 is 0 Å². The van der Waals surface area contributed by atoms with E-state index in [4.69, 9.17) is 0 Å². The van der Waals surface area contributed by atoms with Gasteiger partial charge < -0.3 is 34.0 Å². The van der Waals surface area contributed by atoms with Crippen LogP contribution in [0.4, 0.5) is 0 Å². The van der Waals surface area contributed by atoms with Crippen LogP contribution in [0.15, 0.2) is 60.7 Å². The standard InChI is InChI=1S/C13H9.C5H5.C3H6.2BrH.Zr/c1-3-7-12-10(5-1)9-11-6-2-4-8-13(11)12;1-2-4-5-3-1;1-3-2;;;/h1-5,7-8H,9H2;1-3H,4H2;1-2H3;2*1H;/q2*-1;;;;+2/p-2. The van der Waals surface area contributed by atoms with Gasteiger partial charge in [0.2, 0.25) is 0 Å². The average Bonchev–Trinajstić information content (AvgIpc) is 3.18. The van der Waals surface area contributed by atoms with Gasteiger partial charge in [0.15, 0.2) is 0 Å². The fourth-order valence-corrected chi connectivity index (χ4v) is 2.34. The third-order valence-corrected chi connectivity index (χ3v) is 3.20. The Morgan fingerprint density at radius 1 is 1.00 bits per heavy atom. The predicted octanol–water partition coefficient (Wildman–Crippen LogP) is -0.883. The molecule has 0 nitrogen and oxygen atoms in total. The van der Waals surface area contributed by atoms with E-state index in [-0.39, 0.29) is 34.0 Å². The summed E-state index contributed by atoms with van der Waals surface area (Å²) in [7, 11) is 0. The van der Waals surface area contributed by atoms with Crippen LogP contribution in [-0.4, -0.2) is 3.21 Å². The van der Waals surface area contributed by atoms with Crippen molar-refractivity contribution in [2.24, 2.45) is 0 Å². The second kappa shape index (κ2) is 12.9. The topological polar surface area (TPSA) is 0 Å². The summed E-state index contributed by atoms with van der Waals surface area (Å²) in [5.41, 5.74) is 5.51. The summed E-state index contributed by atoms with van der Waals surface area (Å²) in [6, 6.07) is 18.1. The maximum absolute atomic E-state index is 3.30. The molecule has 2 aliphatic rings. The number of hydrogen-bond donors (Lipinski definition) is 0. The van der Waals surface area contributed by atoms with Crippen molar-refractivity contribution in [3.63, 3.8) is 0 Å². The Morgan fingerprint density at radius 2 is 1.67 bits per heavy atom. The average molecular weight is 523 g/mol. The van der Waals surface area contributed by atoms with Crippen LogP contribution in [0.2, 0.25) is 0 Å². The Kier molecular flexibility index (Phi) is 12.7. The van der Waals surface area contributed by atoms with E-state index in [1.54, 1.807) is 24.2 Å². The smallest absolute Gasteiger partial charge is 0.0253 e. The van der Waals surface area contributed by atoms with Crippen LogP contribution in [-0.2, 0) is 30.7 Å². The van der Waals surface area contributed by atoms with Crippen molar-refractivity contribution in [1.29, 1.82) is 0 Å². The molecule has 0 bridgehead atoms. The van der Waals surface area contributed by atoms with Crippen LogP contribution in [0.1, 0.15) is 31.4 Å². The van der Waals surface area contributed by atoms with Crippen LogP contribution in [0.3, 0.4) is 0 Å². The zero-order chi connectivity index (χ0) is 15.8. The van der Waals surface area contributed by atoms with E-state index in [0.29, 0.717) is 0 Å². The molecule has 24 heavy (non-hydrogen) atoms. The molecule has 2 aromatic rings. The van der Waals surface area contributed by atoms with Gasteiger partial charge in [0, 0.05) is 0 Å². The van der Waals surface area contributed by atoms with Gasteiger partial charge in [-0.1, -0.05) is 35.4 Å². The molecule has 0 unspecified atom stereocenters. The summed E-state index contributed by atoms with van der Waals surface area (Å²) in [6.45, 7) is 4.25. The third kappa shape index (κ3) is 7.68. The number of rotatable bonds is 0. The van der Waals surface area contributed by atoms with Crippen molar-refractivity contribution in [3.8, 4) is 11.1 Å². The first-order chi connectivity index (χ1) is 10.7. The normalized spacial score (nSPS) is 11.5. The molecule has 0 heterocycles. The van der Waals surface area contributed by atoms with Gasteiger partial charge in [0.1, 0.15) is 0 Å². The first-order valence-corrected chi connectivity index (χ1v) is 8.72. The number of allylic oxidation sites excluding steroid dienone is 4. The first-order valence-electron chi connectivity index (χ1n) is 7.50. The van der Waals surface area contributed by atoms with Crippen molar-refractivity contribution in [2.45, 2.75) is 26.7 Å². The van der Waals surface area contributed by atoms with Crippen molar-refractivity contribution in [3.05, 3.63) is 84.0 Å². The minimum absolute atomic E-state index is 0. The second-order valence-electron chi connectivity index (χ2n) is 5.40. The third-order valence-electron chi connectivity index (χ3n) is 3.20. The number of fused-ring (bicyclic) bond motifs is 3. The number of benzene rings is 2. The van der Waals surface area contributed by atoms with E-state index in [1.165, 1.54) is 25.5 Å². The van der Waals surface area contributed by atoms with Crippen molar-refractivity contribution >= 4 is 3.21 Å². The Bertz CT molecular complexity index is 645. The van der Waals surface area contributed by atoms with Crippen LogP contribution in [0, 0.1) is 12.1 Å². The molecule has 0 fully saturated rings. The largest absolute Gasteiger partial charge is 1.00 e. The molecule has 0 saturated carbocycles. The summed E-state index contributed by atoms with van der Waals surface area (Å²) in [6.07, 6.45) is 11.0. The molecule has 3 heteroatoms. The Labute approximate surface area is 181 Å². The molecule has 0 aliphatic heterocycles. The molecular formula is C21H20Br2Zr-2. The Balaban J connectivity index is 0.000000409. The van der Waals surface area contributed by atoms with Crippen molar-refractivity contribution < 1.29 is 58.2 Å². The van der Waals surface area contributed by atoms with Crippen LogP contribution >= 0.6 is 0 Å². The minimum atomic E-state index is 0. The molecule has 4 rings (SSSR count). The van der Waals surface area contributed by atoms with Crippen LogP contribution in [0.5, 0.6) is 0 Å². The summed E-state index contributed by atoms with van der Waals surface area (Å²) >= 11 is 1.55. The predicted molar refractivity (Wildman–Crippen MR) is 91.4 cm³/mol. The molecule has 0 radical (unpaired) electrons. The molecule has 0 aromatic heterocycles. The molecule has 0 amide bonds. The zero-order valence-electron chi connectivity index (χ0n) is 13.9. The van der Waals surface area contributed by atoms with Crippen molar-refractivity contribution in [1.82, 2.24) is 0 Å². The Hall–Kier alpha value is -0.367. The maximum Gasteiger partial charge on any atom is -0.0253 e. The number of halogens is 2. The SMILES string of the molecule is C[C](C)=[Zr+2].[Br-].[Br-].[C-]1=CC=CC1.[c-]1cccc2c1Cc1ccccc1-2. The maximum atomic E-state index is 3.30. The van der Waals surface area contributed by atoms with Crippen LogP contribution < -0.4 is 34.0 Å². The fraction of sp³-hybridized carbons (Fsp3) is 0.190. The van der Waals surface area contributed by atoms with Gasteiger partial charge >= 0.3 is 41.3 Å². The van der Waals surface area contributed by atoms with Crippen molar-refractivity contribution in [2.75, 3.05) is 0 Å². The molecule has 124 valence electrons. The molecule has 2 aromatic carbocycles. The summed E-state index contributed by atoms with van der Waals surface area (Å²) in [4.78, 5) is 0. The van der Waals surface area contributed by atoms with Gasteiger partial charge in [-0.25, -0.2) is 12.2 Å². The second-order valence-corrected chi connectivity index (χ2v) is 7.86. The zero-order valence-corrected chi connectivity index (χ0v) is 19.6. The van der Waals surface area contributed by atoms with Gasteiger partial charge in [0.05, 0.1) is 0 Å². The van der Waals surface area contributed by atoms with Gasteiger partial charge in [-0.15, -0.1) is 12.0 Å². The minimum Gasteiger partial charge on any atom is -1.00 e. The molecule has 0 atom stereocenters. The summed E-state index contributed by atoms with van der Waals surface area (Å²) < 4.78 is 1.51.